The van der Waals surface area contributed by atoms with Crippen molar-refractivity contribution in [2.45, 2.75) is 59.4 Å². The smallest absolute Gasteiger partial charge is 0.0133 e. The molecule has 1 fully saturated rings. The summed E-state index contributed by atoms with van der Waals surface area (Å²) in [6.07, 6.45) is 5.40. The van der Waals surface area contributed by atoms with Crippen LogP contribution >= 0.6 is 0 Å². The average Bonchev–Trinajstić information content (AvgIpc) is 2.75. The van der Waals surface area contributed by atoms with Gasteiger partial charge in [0.05, 0.1) is 0 Å². The fraction of sp³-hybridized carbons (Fsp3) is 0.667. The number of aryl methyl sites for hydroxylation is 3. The minimum atomic E-state index is 0.644. The van der Waals surface area contributed by atoms with Gasteiger partial charge >= 0.3 is 0 Å². The zero-order valence-electron chi connectivity index (χ0n) is 13.2. The molecule has 0 bridgehead atoms. The van der Waals surface area contributed by atoms with Gasteiger partial charge in [-0.25, -0.2) is 0 Å². The van der Waals surface area contributed by atoms with Crippen molar-refractivity contribution in [1.82, 2.24) is 5.32 Å². The normalized spacial score (nSPS) is 24.7. The topological polar surface area (TPSA) is 12.0 Å². The van der Waals surface area contributed by atoms with E-state index in [4.69, 9.17) is 0 Å². The van der Waals surface area contributed by atoms with E-state index in [-0.39, 0.29) is 0 Å². The van der Waals surface area contributed by atoms with E-state index in [1.54, 1.807) is 5.56 Å². The van der Waals surface area contributed by atoms with Gasteiger partial charge in [0.2, 0.25) is 0 Å². The molecule has 1 N–H and O–H groups in total. The Morgan fingerprint density at radius 2 is 1.79 bits per heavy atom. The van der Waals surface area contributed by atoms with Gasteiger partial charge in [0.15, 0.2) is 0 Å². The van der Waals surface area contributed by atoms with Crippen LogP contribution in [0.1, 0.15) is 48.4 Å². The molecular formula is C18H29N. The van der Waals surface area contributed by atoms with Crippen molar-refractivity contribution in [2.75, 3.05) is 7.05 Å². The van der Waals surface area contributed by atoms with Gasteiger partial charge in [-0.15, -0.1) is 0 Å². The Balaban J connectivity index is 2.14. The van der Waals surface area contributed by atoms with Crippen LogP contribution in [0.4, 0.5) is 0 Å². The number of nitrogens with one attached hydrogen (secondary N) is 1. The van der Waals surface area contributed by atoms with Crippen LogP contribution in [0.5, 0.6) is 0 Å². The van der Waals surface area contributed by atoms with Crippen molar-refractivity contribution in [3.63, 3.8) is 0 Å². The summed E-state index contributed by atoms with van der Waals surface area (Å²) in [5.74, 6) is 1.78. The van der Waals surface area contributed by atoms with Crippen LogP contribution < -0.4 is 5.32 Å². The number of rotatable bonds is 4. The zero-order chi connectivity index (χ0) is 14.0. The Bertz CT molecular complexity index is 412. The summed E-state index contributed by atoms with van der Waals surface area (Å²) >= 11 is 0. The summed E-state index contributed by atoms with van der Waals surface area (Å²) in [5.41, 5.74) is 5.87. The first-order chi connectivity index (χ1) is 9.01. The van der Waals surface area contributed by atoms with Gasteiger partial charge in [0.25, 0.3) is 0 Å². The molecule has 0 saturated heterocycles. The van der Waals surface area contributed by atoms with Crippen LogP contribution in [0.3, 0.4) is 0 Å². The number of likely N-dealkylation sites (N-methyl/N-ethyl adjacent to an activating group) is 1. The fourth-order valence-corrected chi connectivity index (χ4v) is 3.87. The minimum Gasteiger partial charge on any atom is -0.316 e. The van der Waals surface area contributed by atoms with Crippen LogP contribution in [-0.4, -0.2) is 13.1 Å². The summed E-state index contributed by atoms with van der Waals surface area (Å²) in [6.45, 7) is 9.12. The van der Waals surface area contributed by atoms with Crippen molar-refractivity contribution in [3.05, 3.63) is 34.4 Å². The molecule has 3 unspecified atom stereocenters. The molecule has 0 aromatic heterocycles. The van der Waals surface area contributed by atoms with Crippen LogP contribution in [0.25, 0.3) is 0 Å². The number of hydrogen-bond donors (Lipinski definition) is 1. The molecule has 106 valence electrons. The lowest BCUT2D eigenvalue weighted by atomic mass is 9.87. The highest BCUT2D eigenvalue weighted by atomic mass is 14.9. The molecule has 19 heavy (non-hydrogen) atoms. The van der Waals surface area contributed by atoms with Gasteiger partial charge in [-0.3, -0.25) is 0 Å². The van der Waals surface area contributed by atoms with Crippen LogP contribution in [-0.2, 0) is 6.42 Å². The van der Waals surface area contributed by atoms with Crippen molar-refractivity contribution in [1.29, 1.82) is 0 Å². The molecule has 0 aliphatic heterocycles. The first kappa shape index (κ1) is 14.6. The van der Waals surface area contributed by atoms with Gasteiger partial charge in [0, 0.05) is 6.04 Å². The van der Waals surface area contributed by atoms with E-state index in [1.165, 1.54) is 42.4 Å². The third-order valence-corrected chi connectivity index (χ3v) is 4.94. The van der Waals surface area contributed by atoms with Gasteiger partial charge in [-0.1, -0.05) is 31.0 Å². The van der Waals surface area contributed by atoms with Gasteiger partial charge < -0.3 is 5.32 Å². The Kier molecular flexibility index (Phi) is 4.67. The Morgan fingerprint density at radius 3 is 2.26 bits per heavy atom. The third kappa shape index (κ3) is 3.39. The Morgan fingerprint density at radius 1 is 1.16 bits per heavy atom. The first-order valence-corrected chi connectivity index (χ1v) is 7.75. The van der Waals surface area contributed by atoms with Crippen LogP contribution in [0.15, 0.2) is 12.1 Å². The third-order valence-electron chi connectivity index (χ3n) is 4.94. The van der Waals surface area contributed by atoms with Crippen molar-refractivity contribution < 1.29 is 0 Å². The molecule has 1 nitrogen and oxygen atoms in total. The van der Waals surface area contributed by atoms with E-state index in [2.05, 4.69) is 52.2 Å². The van der Waals surface area contributed by atoms with Gasteiger partial charge in [0.1, 0.15) is 0 Å². The summed E-state index contributed by atoms with van der Waals surface area (Å²) < 4.78 is 0. The molecule has 1 heteroatoms. The number of benzene rings is 1. The van der Waals surface area contributed by atoms with E-state index in [9.17, 15) is 0 Å². The second-order valence-electron chi connectivity index (χ2n) is 6.65. The molecule has 0 spiro atoms. The summed E-state index contributed by atoms with van der Waals surface area (Å²) in [7, 11) is 2.13. The van der Waals surface area contributed by atoms with Crippen molar-refractivity contribution >= 4 is 0 Å². The molecule has 0 heterocycles. The first-order valence-electron chi connectivity index (χ1n) is 7.75. The van der Waals surface area contributed by atoms with E-state index >= 15 is 0 Å². The lowest BCUT2D eigenvalue weighted by molar-refractivity contribution is 0.367. The second kappa shape index (κ2) is 6.09. The standard InChI is InChI=1S/C18H29N/c1-12-6-7-16(10-12)18(19-5)11-17-14(3)8-13(2)9-15(17)4/h8-9,12,16,18-19H,6-7,10-11H2,1-5H3. The molecule has 3 atom stereocenters. The molecule has 0 amide bonds. The Hall–Kier alpha value is -0.820. The van der Waals surface area contributed by atoms with Gasteiger partial charge in [-0.2, -0.15) is 0 Å². The van der Waals surface area contributed by atoms with Crippen LogP contribution in [0, 0.1) is 32.6 Å². The monoisotopic (exact) mass is 259 g/mol. The molecule has 1 aliphatic carbocycles. The second-order valence-corrected chi connectivity index (χ2v) is 6.65. The highest BCUT2D eigenvalue weighted by Crippen LogP contribution is 2.34. The van der Waals surface area contributed by atoms with Crippen LogP contribution in [0.2, 0.25) is 0 Å². The number of hydrogen-bond acceptors (Lipinski definition) is 1. The highest BCUT2D eigenvalue weighted by Gasteiger charge is 2.28. The predicted molar refractivity (Wildman–Crippen MR) is 83.7 cm³/mol. The molecule has 1 aromatic carbocycles. The maximum atomic E-state index is 3.58. The van der Waals surface area contributed by atoms with Crippen molar-refractivity contribution in [2.24, 2.45) is 11.8 Å². The van der Waals surface area contributed by atoms with E-state index in [0.717, 1.165) is 11.8 Å². The zero-order valence-corrected chi connectivity index (χ0v) is 13.2. The Labute approximate surface area is 118 Å². The fourth-order valence-electron chi connectivity index (χ4n) is 3.87. The largest absolute Gasteiger partial charge is 0.316 e. The highest BCUT2D eigenvalue weighted by molar-refractivity contribution is 5.38. The van der Waals surface area contributed by atoms with Gasteiger partial charge in [-0.05, 0) is 75.6 Å². The lowest BCUT2D eigenvalue weighted by Crippen LogP contribution is -2.35. The maximum Gasteiger partial charge on any atom is 0.0133 e. The minimum absolute atomic E-state index is 0.644. The summed E-state index contributed by atoms with van der Waals surface area (Å²) in [4.78, 5) is 0. The molecular weight excluding hydrogens is 230 g/mol. The maximum absolute atomic E-state index is 3.58. The molecule has 1 saturated carbocycles. The summed E-state index contributed by atoms with van der Waals surface area (Å²) in [5, 5.41) is 3.58. The van der Waals surface area contributed by atoms with E-state index in [1.807, 2.05) is 0 Å². The molecule has 1 aliphatic rings. The summed E-state index contributed by atoms with van der Waals surface area (Å²) in [6, 6.07) is 5.30. The average molecular weight is 259 g/mol. The molecule has 2 rings (SSSR count). The quantitative estimate of drug-likeness (QED) is 0.855. The predicted octanol–water partition coefficient (Wildman–Crippen LogP) is 4.18. The molecule has 1 aromatic rings. The lowest BCUT2D eigenvalue weighted by Gasteiger charge is -2.25. The SMILES string of the molecule is CNC(Cc1c(C)cc(C)cc1C)C1CCC(C)C1. The molecule has 0 radical (unpaired) electrons. The van der Waals surface area contributed by atoms with E-state index in [0.29, 0.717) is 6.04 Å². The van der Waals surface area contributed by atoms with Crippen molar-refractivity contribution in [3.8, 4) is 0 Å². The van der Waals surface area contributed by atoms with E-state index < -0.39 is 0 Å².